The highest BCUT2D eigenvalue weighted by atomic mass is 32.2. The third-order valence-corrected chi connectivity index (χ3v) is 3.60. The molecular weight excluding hydrogens is 240 g/mol. The molecular formula is C10H16N4O2S. The first-order valence-electron chi connectivity index (χ1n) is 5.03. The van der Waals surface area contributed by atoms with Crippen molar-refractivity contribution in [3.63, 3.8) is 0 Å². The molecule has 0 saturated heterocycles. The molecule has 6 nitrogen and oxygen atoms in total. The van der Waals surface area contributed by atoms with E-state index in [-0.39, 0.29) is 10.8 Å². The Morgan fingerprint density at radius 2 is 2.29 bits per heavy atom. The Balaban J connectivity index is 2.84. The largest absolute Gasteiger partial charge is 0.397 e. The van der Waals surface area contributed by atoms with Crippen LogP contribution in [0.25, 0.3) is 0 Å². The van der Waals surface area contributed by atoms with E-state index in [1.54, 1.807) is 6.26 Å². The van der Waals surface area contributed by atoms with Crippen LogP contribution in [0.5, 0.6) is 0 Å². The molecule has 17 heavy (non-hydrogen) atoms. The van der Waals surface area contributed by atoms with E-state index in [0.29, 0.717) is 18.1 Å². The van der Waals surface area contributed by atoms with Gasteiger partial charge in [0.15, 0.2) is 0 Å². The summed E-state index contributed by atoms with van der Waals surface area (Å²) < 4.78 is 11.2. The van der Waals surface area contributed by atoms with Crippen LogP contribution in [0.15, 0.2) is 12.3 Å². The summed E-state index contributed by atoms with van der Waals surface area (Å²) in [5.41, 5.74) is 11.3. The van der Waals surface area contributed by atoms with Crippen molar-refractivity contribution in [3.05, 3.63) is 17.8 Å². The number of anilines is 2. The summed E-state index contributed by atoms with van der Waals surface area (Å²) in [7, 11) is -0.937. The smallest absolute Gasteiger partial charge is 0.252 e. The number of hydrogen-bond donors (Lipinski definition) is 3. The number of nitrogens with one attached hydrogen (secondary N) is 1. The normalized spacial score (nSPS) is 14.0. The van der Waals surface area contributed by atoms with Gasteiger partial charge in [0.1, 0.15) is 5.82 Å². The van der Waals surface area contributed by atoms with Gasteiger partial charge in [-0.1, -0.05) is 0 Å². The Kier molecular flexibility index (Phi) is 4.45. The lowest BCUT2D eigenvalue weighted by Crippen LogP contribution is -2.23. The number of rotatable bonds is 5. The van der Waals surface area contributed by atoms with Gasteiger partial charge < -0.3 is 16.8 Å². The van der Waals surface area contributed by atoms with Crippen molar-refractivity contribution in [3.8, 4) is 0 Å². The van der Waals surface area contributed by atoms with Crippen molar-refractivity contribution >= 4 is 28.2 Å². The summed E-state index contributed by atoms with van der Waals surface area (Å²) in [4.78, 5) is 15.2. The van der Waals surface area contributed by atoms with Crippen LogP contribution in [-0.4, -0.2) is 33.2 Å². The van der Waals surface area contributed by atoms with Crippen LogP contribution in [0, 0.1) is 0 Å². The number of primary amides is 1. The van der Waals surface area contributed by atoms with Crippen LogP contribution in [0.1, 0.15) is 17.3 Å². The van der Waals surface area contributed by atoms with Crippen LogP contribution in [0.4, 0.5) is 11.5 Å². The highest BCUT2D eigenvalue weighted by molar-refractivity contribution is 7.84. The number of hydrogen-bond acceptors (Lipinski definition) is 5. The Hall–Kier alpha value is -1.63. The van der Waals surface area contributed by atoms with Crippen LogP contribution in [0.2, 0.25) is 0 Å². The highest BCUT2D eigenvalue weighted by Crippen LogP contribution is 2.15. The average Bonchev–Trinajstić information content (AvgIpc) is 2.26. The average molecular weight is 256 g/mol. The maximum Gasteiger partial charge on any atom is 0.252 e. The van der Waals surface area contributed by atoms with Gasteiger partial charge in [0.2, 0.25) is 0 Å². The first-order valence-corrected chi connectivity index (χ1v) is 6.65. The van der Waals surface area contributed by atoms with E-state index < -0.39 is 16.7 Å². The first-order chi connectivity index (χ1) is 7.91. The second kappa shape index (κ2) is 5.62. The lowest BCUT2D eigenvalue weighted by molar-refractivity contribution is 0.100. The number of nitrogens with two attached hydrogens (primary N) is 2. The molecule has 1 heterocycles. The SMILES string of the molecule is CC(CNc1ncc(N)cc1C(N)=O)S(C)=O. The van der Waals surface area contributed by atoms with Gasteiger partial charge in [0.05, 0.1) is 17.4 Å². The van der Waals surface area contributed by atoms with Crippen molar-refractivity contribution in [1.29, 1.82) is 0 Å². The van der Waals surface area contributed by atoms with Crippen molar-refractivity contribution in [2.24, 2.45) is 5.73 Å². The molecule has 1 aromatic heterocycles. The van der Waals surface area contributed by atoms with E-state index >= 15 is 0 Å². The molecule has 7 heteroatoms. The van der Waals surface area contributed by atoms with E-state index in [9.17, 15) is 9.00 Å². The number of pyridine rings is 1. The van der Waals surface area contributed by atoms with Crippen molar-refractivity contribution in [1.82, 2.24) is 4.98 Å². The maximum atomic E-state index is 11.2. The van der Waals surface area contributed by atoms with Crippen molar-refractivity contribution in [2.45, 2.75) is 12.2 Å². The summed E-state index contributed by atoms with van der Waals surface area (Å²) in [6, 6.07) is 1.46. The molecule has 0 fully saturated rings. The van der Waals surface area contributed by atoms with E-state index in [1.165, 1.54) is 12.3 Å². The highest BCUT2D eigenvalue weighted by Gasteiger charge is 2.12. The van der Waals surface area contributed by atoms with Gasteiger partial charge in [-0.15, -0.1) is 0 Å². The molecule has 1 amide bonds. The lowest BCUT2D eigenvalue weighted by atomic mass is 10.2. The van der Waals surface area contributed by atoms with Gasteiger partial charge in [0.25, 0.3) is 5.91 Å². The fraction of sp³-hybridized carbons (Fsp3) is 0.400. The number of amides is 1. The summed E-state index contributed by atoms with van der Waals surface area (Å²) >= 11 is 0. The molecule has 0 aliphatic heterocycles. The summed E-state index contributed by atoms with van der Waals surface area (Å²) in [5, 5.41) is 2.90. The zero-order valence-corrected chi connectivity index (χ0v) is 10.6. The molecule has 0 radical (unpaired) electrons. The molecule has 1 aromatic rings. The standard InChI is InChI=1S/C10H16N4O2S/c1-6(17(2)16)4-13-10-8(9(12)15)3-7(11)5-14-10/h3,5-6H,4,11H2,1-2H3,(H2,12,15)(H,13,14). The van der Waals surface area contributed by atoms with E-state index in [4.69, 9.17) is 11.5 Å². The second-order valence-corrected chi connectivity index (χ2v) is 5.52. The van der Waals surface area contributed by atoms with Gasteiger partial charge in [0, 0.05) is 28.9 Å². The molecule has 0 aliphatic rings. The molecule has 0 aromatic carbocycles. The maximum absolute atomic E-state index is 11.2. The Morgan fingerprint density at radius 3 is 2.82 bits per heavy atom. The first kappa shape index (κ1) is 13.4. The topological polar surface area (TPSA) is 111 Å². The minimum Gasteiger partial charge on any atom is -0.397 e. The van der Waals surface area contributed by atoms with Gasteiger partial charge in [-0.2, -0.15) is 0 Å². The minimum atomic E-state index is -0.937. The molecule has 0 saturated carbocycles. The van der Waals surface area contributed by atoms with Crippen molar-refractivity contribution < 1.29 is 9.00 Å². The predicted octanol–water partition coefficient (Wildman–Crippen LogP) is -0.0584. The molecule has 5 N–H and O–H groups in total. The van der Waals surface area contributed by atoms with Gasteiger partial charge in [-0.3, -0.25) is 9.00 Å². The number of carbonyl (C=O) groups is 1. The fourth-order valence-electron chi connectivity index (χ4n) is 1.17. The zero-order valence-electron chi connectivity index (χ0n) is 9.77. The van der Waals surface area contributed by atoms with Crippen LogP contribution >= 0.6 is 0 Å². The molecule has 94 valence electrons. The molecule has 2 unspecified atom stereocenters. The Morgan fingerprint density at radius 1 is 1.65 bits per heavy atom. The summed E-state index contributed by atoms with van der Waals surface area (Å²) in [5.74, 6) is -0.235. The lowest BCUT2D eigenvalue weighted by Gasteiger charge is -2.12. The van der Waals surface area contributed by atoms with E-state index in [0.717, 1.165) is 0 Å². The molecule has 1 rings (SSSR count). The molecule has 0 spiro atoms. The second-order valence-electron chi connectivity index (χ2n) is 3.72. The number of aromatic nitrogens is 1. The van der Waals surface area contributed by atoms with Gasteiger partial charge >= 0.3 is 0 Å². The zero-order chi connectivity index (χ0) is 13.0. The third kappa shape index (κ3) is 3.70. The molecule has 0 bridgehead atoms. The van der Waals surface area contributed by atoms with Crippen molar-refractivity contribution in [2.75, 3.05) is 23.9 Å². The summed E-state index contributed by atoms with van der Waals surface area (Å²) in [6.45, 7) is 2.28. The number of nitrogens with zero attached hydrogens (tertiary/aromatic N) is 1. The molecule has 0 aliphatic carbocycles. The van der Waals surface area contributed by atoms with Gasteiger partial charge in [-0.05, 0) is 13.0 Å². The Labute approximate surface area is 102 Å². The van der Waals surface area contributed by atoms with Gasteiger partial charge in [-0.25, -0.2) is 4.98 Å². The summed E-state index contributed by atoms with van der Waals surface area (Å²) in [6.07, 6.45) is 3.06. The Bertz CT molecular complexity index is 450. The number of nitrogen functional groups attached to an aromatic ring is 1. The number of carbonyl (C=O) groups excluding carboxylic acids is 1. The van der Waals surface area contributed by atoms with Crippen LogP contribution in [0.3, 0.4) is 0 Å². The quantitative estimate of drug-likeness (QED) is 0.683. The molecule has 2 atom stereocenters. The van der Waals surface area contributed by atoms with E-state index in [2.05, 4.69) is 10.3 Å². The monoisotopic (exact) mass is 256 g/mol. The predicted molar refractivity (Wildman–Crippen MR) is 69.2 cm³/mol. The van der Waals surface area contributed by atoms with Crippen LogP contribution < -0.4 is 16.8 Å². The van der Waals surface area contributed by atoms with Crippen LogP contribution in [-0.2, 0) is 10.8 Å². The fourth-order valence-corrected chi connectivity index (χ4v) is 1.49. The minimum absolute atomic E-state index is 0.0462. The third-order valence-electron chi connectivity index (χ3n) is 2.30. The van der Waals surface area contributed by atoms with E-state index in [1.807, 2.05) is 6.92 Å².